The molecule has 2 aliphatic heterocycles. The maximum Gasteiger partial charge on any atom is 0.245 e. The summed E-state index contributed by atoms with van der Waals surface area (Å²) in [6, 6.07) is 7.31. The predicted molar refractivity (Wildman–Crippen MR) is 90.9 cm³/mol. The number of nitrogens with zero attached hydrogens (tertiary/aromatic N) is 1. The number of hydrogen-bond donors (Lipinski definition) is 2. The number of hydrogen-bond acceptors (Lipinski definition) is 4. The molecule has 7 heteroatoms. The molecule has 2 heterocycles. The third-order valence-electron chi connectivity index (χ3n) is 4.05. The van der Waals surface area contributed by atoms with Gasteiger partial charge >= 0.3 is 0 Å². The second-order valence-corrected chi connectivity index (χ2v) is 6.30. The van der Waals surface area contributed by atoms with Gasteiger partial charge in [-0.25, -0.2) is 5.01 Å². The zero-order valence-corrected chi connectivity index (χ0v) is 14.0. The van der Waals surface area contributed by atoms with Crippen molar-refractivity contribution in [3.8, 4) is 0 Å². The summed E-state index contributed by atoms with van der Waals surface area (Å²) in [6.45, 7) is 1.21. The lowest BCUT2D eigenvalue weighted by atomic mass is 10.1. The van der Waals surface area contributed by atoms with E-state index in [4.69, 9.17) is 16.3 Å². The number of carbonyl (C=O) groups excluding carboxylic acids is 2. The lowest BCUT2D eigenvalue weighted by Crippen LogP contribution is -2.50. The molecule has 0 aliphatic carbocycles. The average Bonchev–Trinajstić information content (AvgIpc) is 3.09. The van der Waals surface area contributed by atoms with Crippen LogP contribution in [0.1, 0.15) is 24.8 Å². The number of carbonyl (C=O) groups is 2. The van der Waals surface area contributed by atoms with Gasteiger partial charge in [0.25, 0.3) is 0 Å². The van der Waals surface area contributed by atoms with E-state index in [0.29, 0.717) is 11.6 Å². The molecule has 2 amide bonds. The number of benzene rings is 1. The number of halogens is 1. The molecule has 1 atom stereocenters. The predicted octanol–water partition coefficient (Wildman–Crippen LogP) is 1.71. The zero-order valence-electron chi connectivity index (χ0n) is 13.3. The van der Waals surface area contributed by atoms with Gasteiger partial charge in [0.15, 0.2) is 0 Å². The van der Waals surface area contributed by atoms with Gasteiger partial charge in [0.2, 0.25) is 11.8 Å². The molecule has 1 fully saturated rings. The summed E-state index contributed by atoms with van der Waals surface area (Å²) in [5.41, 5.74) is 4.71. The highest BCUT2D eigenvalue weighted by molar-refractivity contribution is 6.30. The second kappa shape index (κ2) is 7.68. The molecule has 2 N–H and O–H groups in total. The van der Waals surface area contributed by atoms with Gasteiger partial charge in [-0.1, -0.05) is 23.7 Å². The van der Waals surface area contributed by atoms with Crippen LogP contribution in [0.15, 0.2) is 30.3 Å². The van der Waals surface area contributed by atoms with Crippen molar-refractivity contribution in [2.45, 2.75) is 25.4 Å². The minimum atomic E-state index is -0.205. The van der Waals surface area contributed by atoms with E-state index < -0.39 is 0 Å². The molecule has 1 aromatic carbocycles. The third-order valence-corrected chi connectivity index (χ3v) is 4.30. The van der Waals surface area contributed by atoms with Gasteiger partial charge in [0, 0.05) is 24.6 Å². The van der Waals surface area contributed by atoms with Crippen LogP contribution in [0.4, 0.5) is 0 Å². The van der Waals surface area contributed by atoms with Crippen LogP contribution in [0.3, 0.4) is 0 Å². The van der Waals surface area contributed by atoms with E-state index in [0.717, 1.165) is 30.7 Å². The molecule has 3 rings (SSSR count). The van der Waals surface area contributed by atoms with E-state index in [1.54, 1.807) is 12.1 Å². The largest absolute Gasteiger partial charge is 0.376 e. The van der Waals surface area contributed by atoms with Gasteiger partial charge in [0.05, 0.1) is 11.8 Å². The number of ether oxygens (including phenoxy) is 1. The molecule has 1 aromatic rings. The number of amides is 2. The quantitative estimate of drug-likeness (QED) is 0.849. The Balaban J connectivity index is 1.55. The molecule has 0 spiro atoms. The molecule has 0 aromatic heterocycles. The Labute approximate surface area is 145 Å². The van der Waals surface area contributed by atoms with Crippen LogP contribution in [-0.4, -0.2) is 42.6 Å². The van der Waals surface area contributed by atoms with Gasteiger partial charge in [0.1, 0.15) is 6.54 Å². The van der Waals surface area contributed by atoms with Gasteiger partial charge < -0.3 is 10.1 Å². The second-order valence-electron chi connectivity index (χ2n) is 5.86. The summed E-state index contributed by atoms with van der Waals surface area (Å²) in [4.78, 5) is 24.1. The highest BCUT2D eigenvalue weighted by atomic mass is 35.5. The summed E-state index contributed by atoms with van der Waals surface area (Å²) in [5.74, 6) is -0.344. The van der Waals surface area contributed by atoms with Crippen molar-refractivity contribution in [2.75, 3.05) is 19.7 Å². The van der Waals surface area contributed by atoms with E-state index in [-0.39, 0.29) is 30.9 Å². The third kappa shape index (κ3) is 4.27. The molecule has 1 unspecified atom stereocenters. The summed E-state index contributed by atoms with van der Waals surface area (Å²) < 4.78 is 5.47. The van der Waals surface area contributed by atoms with Crippen molar-refractivity contribution >= 4 is 29.1 Å². The van der Waals surface area contributed by atoms with Crippen LogP contribution >= 0.6 is 11.6 Å². The van der Waals surface area contributed by atoms with Gasteiger partial charge in [-0.15, -0.1) is 0 Å². The lowest BCUT2D eigenvalue weighted by molar-refractivity contribution is -0.138. The summed E-state index contributed by atoms with van der Waals surface area (Å²) in [7, 11) is 0. The van der Waals surface area contributed by atoms with Gasteiger partial charge in [-0.05, 0) is 36.6 Å². The highest BCUT2D eigenvalue weighted by Gasteiger charge is 2.23. The number of hydrazine groups is 1. The maximum atomic E-state index is 12.1. The van der Waals surface area contributed by atoms with E-state index in [2.05, 4.69) is 10.7 Å². The molecule has 2 aliphatic rings. The van der Waals surface area contributed by atoms with Crippen LogP contribution < -0.4 is 10.7 Å². The first-order chi connectivity index (χ1) is 11.6. The fourth-order valence-corrected chi connectivity index (χ4v) is 2.85. The first kappa shape index (κ1) is 16.8. The van der Waals surface area contributed by atoms with Crippen molar-refractivity contribution in [1.82, 2.24) is 15.8 Å². The van der Waals surface area contributed by atoms with Crippen molar-refractivity contribution in [2.24, 2.45) is 0 Å². The Morgan fingerprint density at radius 2 is 2.17 bits per heavy atom. The SMILES string of the molecule is O=C(CN1NC(c2ccc(Cl)cc2)=CCC1=O)NCC1CCCO1. The van der Waals surface area contributed by atoms with E-state index >= 15 is 0 Å². The Bertz CT molecular complexity index is 639. The number of rotatable bonds is 5. The smallest absolute Gasteiger partial charge is 0.245 e. The lowest BCUT2D eigenvalue weighted by Gasteiger charge is -2.29. The topological polar surface area (TPSA) is 70.7 Å². The van der Waals surface area contributed by atoms with Crippen LogP contribution in [0.5, 0.6) is 0 Å². The summed E-state index contributed by atoms with van der Waals surface area (Å²) in [6.07, 6.45) is 4.14. The summed E-state index contributed by atoms with van der Waals surface area (Å²) >= 11 is 5.89. The number of nitrogens with one attached hydrogen (secondary N) is 2. The van der Waals surface area contributed by atoms with Crippen molar-refractivity contribution in [3.05, 3.63) is 40.9 Å². The molecule has 0 radical (unpaired) electrons. The minimum absolute atomic E-state index is 0.0313. The van der Waals surface area contributed by atoms with Crippen molar-refractivity contribution in [1.29, 1.82) is 0 Å². The van der Waals surface area contributed by atoms with E-state index in [1.165, 1.54) is 5.01 Å². The average molecular weight is 350 g/mol. The van der Waals surface area contributed by atoms with Crippen molar-refractivity contribution < 1.29 is 14.3 Å². The van der Waals surface area contributed by atoms with E-state index in [1.807, 2.05) is 18.2 Å². The first-order valence-corrected chi connectivity index (χ1v) is 8.41. The first-order valence-electron chi connectivity index (χ1n) is 8.03. The highest BCUT2D eigenvalue weighted by Crippen LogP contribution is 2.19. The molecule has 6 nitrogen and oxygen atoms in total. The Morgan fingerprint density at radius 3 is 2.88 bits per heavy atom. The molecule has 128 valence electrons. The van der Waals surface area contributed by atoms with Crippen LogP contribution in [0.25, 0.3) is 5.70 Å². The van der Waals surface area contributed by atoms with Crippen LogP contribution in [-0.2, 0) is 14.3 Å². The summed E-state index contributed by atoms with van der Waals surface area (Å²) in [5, 5.41) is 4.81. The van der Waals surface area contributed by atoms with Gasteiger partial charge in [-0.2, -0.15) is 0 Å². The van der Waals surface area contributed by atoms with Crippen LogP contribution in [0.2, 0.25) is 5.02 Å². The Hall–Kier alpha value is -2.05. The Kier molecular flexibility index (Phi) is 5.37. The fraction of sp³-hybridized carbons (Fsp3) is 0.412. The standard InChI is InChI=1S/C17H20ClN3O3/c18-13-5-3-12(4-6-13)15-7-8-17(23)21(20-15)11-16(22)19-10-14-2-1-9-24-14/h3-7,14,20H,1-2,8-11H2,(H,19,22). The monoisotopic (exact) mass is 349 g/mol. The van der Waals surface area contributed by atoms with Crippen LogP contribution in [0, 0.1) is 0 Å². The molecule has 0 saturated carbocycles. The Morgan fingerprint density at radius 1 is 1.38 bits per heavy atom. The zero-order chi connectivity index (χ0) is 16.9. The normalized spacial score (nSPS) is 20.5. The maximum absolute atomic E-state index is 12.1. The minimum Gasteiger partial charge on any atom is -0.376 e. The molecule has 24 heavy (non-hydrogen) atoms. The molecular weight excluding hydrogens is 330 g/mol. The fourth-order valence-electron chi connectivity index (χ4n) is 2.73. The van der Waals surface area contributed by atoms with E-state index in [9.17, 15) is 9.59 Å². The molecule has 0 bridgehead atoms. The molecular formula is C17H20ClN3O3. The van der Waals surface area contributed by atoms with Crippen molar-refractivity contribution in [3.63, 3.8) is 0 Å². The molecule has 1 saturated heterocycles. The van der Waals surface area contributed by atoms with Gasteiger partial charge in [-0.3, -0.25) is 15.0 Å².